The molecular weight excluding hydrogens is 220 g/mol. The van der Waals surface area contributed by atoms with Crippen LogP contribution in [0.4, 0.5) is 0 Å². The first-order valence-electron chi connectivity index (χ1n) is 6.25. The summed E-state index contributed by atoms with van der Waals surface area (Å²) in [5, 5.41) is 11.5. The van der Waals surface area contributed by atoms with Gasteiger partial charge in [-0.05, 0) is 31.8 Å². The van der Waals surface area contributed by atoms with E-state index in [4.69, 9.17) is 5.11 Å². The summed E-state index contributed by atoms with van der Waals surface area (Å²) in [5.74, 6) is -0.478. The van der Waals surface area contributed by atoms with E-state index < -0.39 is 12.0 Å². The summed E-state index contributed by atoms with van der Waals surface area (Å²) in [6.45, 7) is 5.81. The average molecular weight is 242 g/mol. The van der Waals surface area contributed by atoms with Crippen molar-refractivity contribution in [1.29, 1.82) is 0 Å². The Labute approximate surface area is 102 Å². The van der Waals surface area contributed by atoms with E-state index in [1.54, 1.807) is 0 Å². The summed E-state index contributed by atoms with van der Waals surface area (Å²) in [7, 11) is 0. The molecule has 0 aromatic carbocycles. The second-order valence-electron chi connectivity index (χ2n) is 4.74. The Kier molecular flexibility index (Phi) is 5.41. The highest BCUT2D eigenvalue weighted by Gasteiger charge is 2.24. The van der Waals surface area contributed by atoms with Gasteiger partial charge in [-0.3, -0.25) is 4.79 Å². The van der Waals surface area contributed by atoms with Crippen LogP contribution >= 0.6 is 0 Å². The van der Waals surface area contributed by atoms with Gasteiger partial charge < -0.3 is 15.3 Å². The van der Waals surface area contributed by atoms with Crippen molar-refractivity contribution in [2.24, 2.45) is 5.92 Å². The van der Waals surface area contributed by atoms with Crippen molar-refractivity contribution in [1.82, 2.24) is 10.2 Å². The molecule has 1 rings (SSSR count). The van der Waals surface area contributed by atoms with E-state index in [1.165, 1.54) is 13.3 Å². The van der Waals surface area contributed by atoms with Crippen molar-refractivity contribution in [3.8, 4) is 0 Å². The molecule has 1 unspecified atom stereocenters. The molecule has 0 spiro atoms. The van der Waals surface area contributed by atoms with E-state index in [0.29, 0.717) is 6.54 Å². The second kappa shape index (κ2) is 6.59. The molecule has 1 amide bonds. The largest absolute Gasteiger partial charge is 0.480 e. The highest BCUT2D eigenvalue weighted by Crippen LogP contribution is 2.19. The van der Waals surface area contributed by atoms with Crippen molar-refractivity contribution < 1.29 is 14.7 Å². The van der Waals surface area contributed by atoms with Crippen molar-refractivity contribution in [2.75, 3.05) is 19.6 Å². The Morgan fingerprint density at radius 2 is 2.00 bits per heavy atom. The van der Waals surface area contributed by atoms with Crippen LogP contribution in [0, 0.1) is 5.92 Å². The molecule has 98 valence electrons. The minimum absolute atomic E-state index is 0.291. The normalized spacial score (nSPS) is 19.9. The summed E-state index contributed by atoms with van der Waals surface area (Å²) in [6, 6.07) is -0.786. The fraction of sp³-hybridized carbons (Fsp3) is 0.833. The van der Waals surface area contributed by atoms with E-state index >= 15 is 0 Å². The Bertz CT molecular complexity index is 273. The lowest BCUT2D eigenvalue weighted by molar-refractivity contribution is -0.142. The van der Waals surface area contributed by atoms with Crippen molar-refractivity contribution in [3.05, 3.63) is 0 Å². The number of carbonyl (C=O) groups is 2. The van der Waals surface area contributed by atoms with Crippen LogP contribution in [0.5, 0.6) is 0 Å². The number of hydrogen-bond acceptors (Lipinski definition) is 3. The predicted octanol–water partition coefficient (Wildman–Crippen LogP) is 0.698. The number of likely N-dealkylation sites (tertiary alicyclic amines) is 1. The lowest BCUT2D eigenvalue weighted by Gasteiger charge is -2.33. The summed E-state index contributed by atoms with van der Waals surface area (Å²) < 4.78 is 0. The number of nitrogens with zero attached hydrogens (tertiary/aromatic N) is 1. The molecule has 1 heterocycles. The van der Waals surface area contributed by atoms with E-state index in [-0.39, 0.29) is 5.91 Å². The van der Waals surface area contributed by atoms with E-state index in [9.17, 15) is 9.59 Å². The Morgan fingerprint density at radius 1 is 1.41 bits per heavy atom. The zero-order valence-corrected chi connectivity index (χ0v) is 10.6. The lowest BCUT2D eigenvalue weighted by atomic mass is 9.94. The molecule has 1 fully saturated rings. The number of carbonyl (C=O) groups excluding carboxylic acids is 1. The van der Waals surface area contributed by atoms with Gasteiger partial charge in [0.1, 0.15) is 6.04 Å². The standard InChI is InChI=1S/C12H22N2O3/c1-3-10-4-6-14(7-5-10)8-11(12(16)17)13-9(2)15/h10-11H,3-8H2,1-2H3,(H,13,15)(H,16,17). The predicted molar refractivity (Wildman–Crippen MR) is 64.7 cm³/mol. The molecule has 1 atom stereocenters. The first-order chi connectivity index (χ1) is 8.02. The number of amides is 1. The molecule has 0 radical (unpaired) electrons. The van der Waals surface area contributed by atoms with Gasteiger partial charge in [0.2, 0.25) is 5.91 Å². The molecule has 17 heavy (non-hydrogen) atoms. The molecule has 1 aliphatic rings. The molecule has 5 heteroatoms. The van der Waals surface area contributed by atoms with E-state index in [1.807, 2.05) is 0 Å². The first kappa shape index (κ1) is 14.0. The highest BCUT2D eigenvalue weighted by molar-refractivity contribution is 5.82. The number of aliphatic carboxylic acids is 1. The quantitative estimate of drug-likeness (QED) is 0.744. The van der Waals surface area contributed by atoms with Crippen LogP contribution in [0.15, 0.2) is 0 Å². The molecule has 1 saturated heterocycles. The summed E-state index contributed by atoms with van der Waals surface area (Å²) in [5.41, 5.74) is 0. The van der Waals surface area contributed by atoms with Gasteiger partial charge in [0.25, 0.3) is 0 Å². The third kappa shape index (κ3) is 4.73. The third-order valence-electron chi connectivity index (χ3n) is 3.40. The molecule has 0 aromatic heterocycles. The Morgan fingerprint density at radius 3 is 2.41 bits per heavy atom. The maximum absolute atomic E-state index is 11.0. The summed E-state index contributed by atoms with van der Waals surface area (Å²) >= 11 is 0. The van der Waals surface area contributed by atoms with Gasteiger partial charge >= 0.3 is 5.97 Å². The van der Waals surface area contributed by atoms with Crippen LogP contribution < -0.4 is 5.32 Å². The number of carboxylic acids is 1. The van der Waals surface area contributed by atoms with Gasteiger partial charge in [0, 0.05) is 13.5 Å². The van der Waals surface area contributed by atoms with Crippen LogP contribution in [-0.4, -0.2) is 47.6 Å². The molecule has 2 N–H and O–H groups in total. The van der Waals surface area contributed by atoms with Crippen molar-refractivity contribution in [3.63, 3.8) is 0 Å². The topological polar surface area (TPSA) is 69.6 Å². The minimum atomic E-state index is -0.960. The number of nitrogens with one attached hydrogen (secondary N) is 1. The van der Waals surface area contributed by atoms with E-state index in [2.05, 4.69) is 17.1 Å². The minimum Gasteiger partial charge on any atom is -0.480 e. The summed E-state index contributed by atoms with van der Waals surface area (Å²) in [6.07, 6.45) is 3.45. The molecule has 0 saturated carbocycles. The zero-order valence-electron chi connectivity index (χ0n) is 10.6. The second-order valence-corrected chi connectivity index (χ2v) is 4.74. The molecule has 0 aromatic rings. The van der Waals surface area contributed by atoms with Crippen molar-refractivity contribution >= 4 is 11.9 Å². The number of piperidine rings is 1. The number of hydrogen-bond donors (Lipinski definition) is 2. The number of rotatable bonds is 5. The van der Waals surface area contributed by atoms with Crippen LogP contribution in [-0.2, 0) is 9.59 Å². The highest BCUT2D eigenvalue weighted by atomic mass is 16.4. The summed E-state index contributed by atoms with van der Waals surface area (Å²) in [4.78, 5) is 24.0. The fourth-order valence-corrected chi connectivity index (χ4v) is 2.27. The smallest absolute Gasteiger partial charge is 0.327 e. The maximum atomic E-state index is 11.0. The van der Waals surface area contributed by atoms with Gasteiger partial charge in [0.15, 0.2) is 0 Å². The van der Waals surface area contributed by atoms with Crippen LogP contribution in [0.25, 0.3) is 0 Å². The molecular formula is C12H22N2O3. The van der Waals surface area contributed by atoms with Crippen LogP contribution in [0.3, 0.4) is 0 Å². The number of carboxylic acid groups (broad SMARTS) is 1. The van der Waals surface area contributed by atoms with E-state index in [0.717, 1.165) is 31.8 Å². The SMILES string of the molecule is CCC1CCN(CC(NC(C)=O)C(=O)O)CC1. The van der Waals surface area contributed by atoms with Gasteiger partial charge in [0.05, 0.1) is 0 Å². The monoisotopic (exact) mass is 242 g/mol. The van der Waals surface area contributed by atoms with Gasteiger partial charge in [-0.2, -0.15) is 0 Å². The fourth-order valence-electron chi connectivity index (χ4n) is 2.27. The van der Waals surface area contributed by atoms with Gasteiger partial charge in [-0.15, -0.1) is 0 Å². The molecule has 1 aliphatic heterocycles. The molecule has 5 nitrogen and oxygen atoms in total. The zero-order chi connectivity index (χ0) is 12.8. The van der Waals surface area contributed by atoms with Crippen molar-refractivity contribution in [2.45, 2.75) is 39.2 Å². The first-order valence-corrected chi connectivity index (χ1v) is 6.25. The van der Waals surface area contributed by atoms with Crippen LogP contribution in [0.1, 0.15) is 33.1 Å². The Balaban J connectivity index is 2.40. The Hall–Kier alpha value is -1.10. The third-order valence-corrected chi connectivity index (χ3v) is 3.40. The lowest BCUT2D eigenvalue weighted by Crippen LogP contribution is -2.49. The molecule has 0 aliphatic carbocycles. The van der Waals surface area contributed by atoms with Crippen LogP contribution in [0.2, 0.25) is 0 Å². The van der Waals surface area contributed by atoms with Gasteiger partial charge in [-0.1, -0.05) is 13.3 Å². The maximum Gasteiger partial charge on any atom is 0.327 e. The van der Waals surface area contributed by atoms with Gasteiger partial charge in [-0.25, -0.2) is 4.79 Å². The molecule has 0 bridgehead atoms. The average Bonchev–Trinajstić information content (AvgIpc) is 2.28.